The summed E-state index contributed by atoms with van der Waals surface area (Å²) in [5.41, 5.74) is 5.30. The van der Waals surface area contributed by atoms with Gasteiger partial charge in [0.25, 0.3) is 5.91 Å². The number of benzene rings is 2. The van der Waals surface area contributed by atoms with E-state index in [1.165, 1.54) is 0 Å². The second-order valence-electron chi connectivity index (χ2n) is 5.06. The first-order chi connectivity index (χ1) is 11.6. The summed E-state index contributed by atoms with van der Waals surface area (Å²) in [4.78, 5) is 13.4. The second-order valence-corrected chi connectivity index (χ2v) is 6.50. The van der Waals surface area contributed by atoms with Gasteiger partial charge >= 0.3 is 0 Å². The van der Waals surface area contributed by atoms with Crippen LogP contribution in [0.15, 0.2) is 53.9 Å². The third-order valence-electron chi connectivity index (χ3n) is 3.40. The van der Waals surface area contributed by atoms with Gasteiger partial charge in [0.05, 0.1) is 12.1 Å². The summed E-state index contributed by atoms with van der Waals surface area (Å²) in [7, 11) is 0. The molecule has 1 heterocycles. The number of hydrogen-bond donors (Lipinski definition) is 4. The highest BCUT2D eigenvalue weighted by molar-refractivity contribution is 7.80. The van der Waals surface area contributed by atoms with E-state index in [0.717, 1.165) is 15.6 Å². The van der Waals surface area contributed by atoms with E-state index >= 15 is 0 Å². The highest BCUT2D eigenvalue weighted by Crippen LogP contribution is 2.24. The number of aromatic hydroxyl groups is 1. The predicted molar refractivity (Wildman–Crippen MR) is 100.0 cm³/mol. The first-order valence-electron chi connectivity index (χ1n) is 7.22. The fourth-order valence-electron chi connectivity index (χ4n) is 2.22. The highest BCUT2D eigenvalue weighted by atomic mass is 32.1. The van der Waals surface area contributed by atoms with Crippen LogP contribution >= 0.6 is 23.6 Å². The number of carbonyl (C=O) groups excluding carboxylic acids is 1. The molecule has 2 aromatic carbocycles. The minimum Gasteiger partial charge on any atom is -0.507 e. The molecular formula is C17H15N3O2S2. The molecule has 0 saturated heterocycles. The minimum absolute atomic E-state index is 0.0783. The molecule has 7 heteroatoms. The summed E-state index contributed by atoms with van der Waals surface area (Å²) in [6, 6.07) is 14.7. The summed E-state index contributed by atoms with van der Waals surface area (Å²) in [5.74, 6) is -0.538. The average Bonchev–Trinajstić information content (AvgIpc) is 3.10. The monoisotopic (exact) mass is 357 g/mol. The fourth-order valence-corrected chi connectivity index (χ4v) is 2.98. The van der Waals surface area contributed by atoms with Crippen molar-refractivity contribution in [3.8, 4) is 5.75 Å². The molecule has 0 radical (unpaired) electrons. The van der Waals surface area contributed by atoms with E-state index in [2.05, 4.69) is 16.2 Å². The van der Waals surface area contributed by atoms with E-state index in [0.29, 0.717) is 11.7 Å². The predicted octanol–water partition coefficient (Wildman–Crippen LogP) is 2.92. The van der Waals surface area contributed by atoms with Crippen LogP contribution in [0.1, 0.15) is 15.2 Å². The van der Waals surface area contributed by atoms with E-state index in [-0.39, 0.29) is 11.3 Å². The molecule has 3 rings (SSSR count). The molecular weight excluding hydrogens is 342 g/mol. The summed E-state index contributed by atoms with van der Waals surface area (Å²) < 4.78 is 0. The Morgan fingerprint density at radius 2 is 1.83 bits per heavy atom. The summed E-state index contributed by atoms with van der Waals surface area (Å²) in [6.07, 6.45) is 0. The quantitative estimate of drug-likeness (QED) is 0.428. The van der Waals surface area contributed by atoms with Gasteiger partial charge in [0.2, 0.25) is 0 Å². The molecule has 0 bridgehead atoms. The Bertz CT molecular complexity index is 879. The standard InChI is InChI=1S/C17H15N3O2S2/c21-15-9-12-5-2-1-4-11(12)8-14(15)16(22)19-20-17(23)18-10-13-6-3-7-24-13/h1-9,21H,10H2,(H,19,22)(H2,18,20,23). The zero-order valence-corrected chi connectivity index (χ0v) is 14.2. The lowest BCUT2D eigenvalue weighted by atomic mass is 10.1. The molecule has 0 saturated carbocycles. The molecule has 4 N–H and O–H groups in total. The summed E-state index contributed by atoms with van der Waals surface area (Å²) >= 11 is 6.73. The van der Waals surface area contributed by atoms with Crippen molar-refractivity contribution in [1.29, 1.82) is 0 Å². The van der Waals surface area contributed by atoms with E-state index in [1.807, 2.05) is 41.8 Å². The maximum atomic E-state index is 12.2. The zero-order valence-electron chi connectivity index (χ0n) is 12.6. The molecule has 0 fully saturated rings. The molecule has 0 aliphatic heterocycles. The maximum absolute atomic E-state index is 12.2. The van der Waals surface area contributed by atoms with Gasteiger partial charge in [-0.2, -0.15) is 0 Å². The third-order valence-corrected chi connectivity index (χ3v) is 4.52. The number of fused-ring (bicyclic) bond motifs is 1. The van der Waals surface area contributed by atoms with Crippen LogP contribution in [-0.4, -0.2) is 16.1 Å². The summed E-state index contributed by atoms with van der Waals surface area (Å²) in [5, 5.41) is 17.1. The Morgan fingerprint density at radius 3 is 2.54 bits per heavy atom. The van der Waals surface area contributed by atoms with Crippen LogP contribution in [0, 0.1) is 0 Å². The number of phenolic OH excluding ortho intramolecular Hbond substituents is 1. The SMILES string of the molecule is O=C(NNC(=S)NCc1cccs1)c1cc2ccccc2cc1O. The number of nitrogens with one attached hydrogen (secondary N) is 3. The molecule has 1 amide bonds. The maximum Gasteiger partial charge on any atom is 0.273 e. The largest absolute Gasteiger partial charge is 0.507 e. The van der Waals surface area contributed by atoms with Crippen LogP contribution < -0.4 is 16.2 Å². The van der Waals surface area contributed by atoms with Crippen molar-refractivity contribution in [3.63, 3.8) is 0 Å². The van der Waals surface area contributed by atoms with Gasteiger partial charge in [-0.1, -0.05) is 30.3 Å². The molecule has 24 heavy (non-hydrogen) atoms. The average molecular weight is 357 g/mol. The van der Waals surface area contributed by atoms with E-state index < -0.39 is 5.91 Å². The molecule has 0 aliphatic rings. The number of rotatable bonds is 3. The van der Waals surface area contributed by atoms with E-state index in [1.54, 1.807) is 23.5 Å². The Kier molecular flexibility index (Phi) is 4.93. The molecule has 0 aliphatic carbocycles. The fraction of sp³-hybridized carbons (Fsp3) is 0.0588. The number of phenols is 1. The molecule has 122 valence electrons. The Hall–Kier alpha value is -2.64. The third kappa shape index (κ3) is 3.81. The van der Waals surface area contributed by atoms with Gasteiger partial charge in [-0.05, 0) is 46.6 Å². The number of thiocarbonyl (C=S) groups is 1. The first-order valence-corrected chi connectivity index (χ1v) is 8.50. The number of hydrogen-bond acceptors (Lipinski definition) is 4. The molecule has 5 nitrogen and oxygen atoms in total. The lowest BCUT2D eigenvalue weighted by molar-refractivity contribution is 0.0941. The van der Waals surface area contributed by atoms with Crippen molar-refractivity contribution >= 4 is 45.3 Å². The molecule has 0 atom stereocenters. The smallest absolute Gasteiger partial charge is 0.273 e. The molecule has 0 unspecified atom stereocenters. The lowest BCUT2D eigenvalue weighted by Gasteiger charge is -2.12. The van der Waals surface area contributed by atoms with Gasteiger partial charge < -0.3 is 10.4 Å². The highest BCUT2D eigenvalue weighted by Gasteiger charge is 2.12. The van der Waals surface area contributed by atoms with E-state index in [9.17, 15) is 9.90 Å². The normalized spacial score (nSPS) is 10.3. The number of amides is 1. The van der Waals surface area contributed by atoms with Gasteiger partial charge in [0, 0.05) is 4.88 Å². The van der Waals surface area contributed by atoms with Crippen molar-refractivity contribution in [3.05, 3.63) is 64.4 Å². The zero-order chi connectivity index (χ0) is 16.9. The number of hydrazine groups is 1. The molecule has 1 aromatic heterocycles. The van der Waals surface area contributed by atoms with Crippen molar-refractivity contribution < 1.29 is 9.90 Å². The summed E-state index contributed by atoms with van der Waals surface area (Å²) in [6.45, 7) is 0.584. The molecule has 0 spiro atoms. The van der Waals surface area contributed by atoms with Crippen molar-refractivity contribution in [2.45, 2.75) is 6.54 Å². The Balaban J connectivity index is 1.60. The van der Waals surface area contributed by atoms with Crippen molar-refractivity contribution in [2.24, 2.45) is 0 Å². The Labute approximate surface area is 148 Å². The van der Waals surface area contributed by atoms with Gasteiger partial charge in [-0.25, -0.2) is 0 Å². The number of thiophene rings is 1. The van der Waals surface area contributed by atoms with Crippen molar-refractivity contribution in [1.82, 2.24) is 16.2 Å². The molecule has 3 aromatic rings. The van der Waals surface area contributed by atoms with Crippen LogP contribution in [-0.2, 0) is 6.54 Å². The first kappa shape index (κ1) is 16.2. The van der Waals surface area contributed by atoms with Gasteiger partial charge in [0.15, 0.2) is 5.11 Å². The minimum atomic E-state index is -0.460. The van der Waals surface area contributed by atoms with Crippen molar-refractivity contribution in [2.75, 3.05) is 0 Å². The number of carbonyl (C=O) groups is 1. The lowest BCUT2D eigenvalue weighted by Crippen LogP contribution is -2.46. The van der Waals surface area contributed by atoms with Crippen LogP contribution in [0.2, 0.25) is 0 Å². The van der Waals surface area contributed by atoms with Crippen LogP contribution in [0.25, 0.3) is 10.8 Å². The second kappa shape index (κ2) is 7.29. The Morgan fingerprint density at radius 1 is 1.08 bits per heavy atom. The van der Waals surface area contributed by atoms with Crippen LogP contribution in [0.5, 0.6) is 5.75 Å². The van der Waals surface area contributed by atoms with E-state index in [4.69, 9.17) is 12.2 Å². The van der Waals surface area contributed by atoms with Gasteiger partial charge in [-0.3, -0.25) is 15.6 Å². The van der Waals surface area contributed by atoms with Crippen LogP contribution in [0.4, 0.5) is 0 Å². The van der Waals surface area contributed by atoms with Crippen LogP contribution in [0.3, 0.4) is 0 Å². The topological polar surface area (TPSA) is 73.4 Å². The van der Waals surface area contributed by atoms with Gasteiger partial charge in [0.1, 0.15) is 5.75 Å². The van der Waals surface area contributed by atoms with Gasteiger partial charge in [-0.15, -0.1) is 11.3 Å².